The van der Waals surface area contributed by atoms with Gasteiger partial charge in [0.05, 0.1) is 0 Å². The number of allylic oxidation sites excluding steroid dienone is 2. The molecule has 0 radical (unpaired) electrons. The lowest BCUT2D eigenvalue weighted by Crippen LogP contribution is -1.93. The molecule has 0 aliphatic rings. The van der Waals surface area contributed by atoms with E-state index in [1.54, 1.807) is 0 Å². The molecule has 0 rings (SSSR count). The molecule has 0 saturated carbocycles. The Kier molecular flexibility index (Phi) is 27.9. The van der Waals surface area contributed by atoms with E-state index in [-0.39, 0.29) is 0 Å². The molecule has 0 fully saturated rings. The van der Waals surface area contributed by atoms with E-state index in [4.69, 9.17) is 0 Å². The lowest BCUT2D eigenvalue weighted by Gasteiger charge is -2.05. The summed E-state index contributed by atoms with van der Waals surface area (Å²) in [6, 6.07) is 0. The lowest BCUT2D eigenvalue weighted by molar-refractivity contribution is 0.469. The Labute approximate surface area is 119 Å². The van der Waals surface area contributed by atoms with Crippen LogP contribution in [0.3, 0.4) is 0 Å². The van der Waals surface area contributed by atoms with Crippen molar-refractivity contribution in [2.24, 2.45) is 5.41 Å². The van der Waals surface area contributed by atoms with Crippen molar-refractivity contribution in [3.05, 3.63) is 11.1 Å². The van der Waals surface area contributed by atoms with Crippen molar-refractivity contribution in [3.8, 4) is 0 Å². The summed E-state index contributed by atoms with van der Waals surface area (Å²) in [5.74, 6) is 0. The average molecular weight is 259 g/mol. The average Bonchev–Trinajstić information content (AvgIpc) is 2.16. The summed E-state index contributed by atoms with van der Waals surface area (Å²) < 4.78 is 0. The van der Waals surface area contributed by atoms with E-state index < -0.39 is 0 Å². The molecule has 0 nitrogen and oxygen atoms in total. The fraction of sp³-hybridized carbons (Fsp3) is 0.889. The summed E-state index contributed by atoms with van der Waals surface area (Å²) in [7, 11) is 0. The zero-order valence-corrected chi connectivity index (χ0v) is 15.6. The molecule has 0 aromatic carbocycles. The number of hydrogen-bond donors (Lipinski definition) is 0. The minimum absolute atomic E-state index is 0.500. The van der Waals surface area contributed by atoms with Crippen molar-refractivity contribution in [1.82, 2.24) is 0 Å². The van der Waals surface area contributed by atoms with E-state index in [0.717, 1.165) is 0 Å². The van der Waals surface area contributed by atoms with Gasteiger partial charge >= 0.3 is 0 Å². The Morgan fingerprint density at radius 1 is 0.667 bits per heavy atom. The third kappa shape index (κ3) is 104. The monoisotopic (exact) mass is 258 g/mol. The molecule has 18 heavy (non-hydrogen) atoms. The lowest BCUT2D eigenvalue weighted by atomic mass is 10.0. The standard InChI is InChI=1S/C7H14.C5H12.2C3H8/c1-5-7(4)6(2)3;1-5(2,3)4;2*1-3-2/h5H2,1-4H3;1-4H3;2*3H2,1-2H3. The van der Waals surface area contributed by atoms with Gasteiger partial charge in [-0.05, 0) is 32.6 Å². The first kappa shape index (κ1) is 26.3. The maximum absolute atomic E-state index is 2.19. The molecule has 0 spiro atoms. The molecule has 0 aliphatic carbocycles. The predicted molar refractivity (Wildman–Crippen MR) is 91.4 cm³/mol. The van der Waals surface area contributed by atoms with Crippen LogP contribution in [0.1, 0.15) is 102 Å². The van der Waals surface area contributed by atoms with Crippen molar-refractivity contribution < 1.29 is 0 Å². The molecule has 0 heterocycles. The molecule has 0 atom stereocenters. The Balaban J connectivity index is -0.0000000784. The maximum Gasteiger partial charge on any atom is -0.0349 e. The highest BCUT2D eigenvalue weighted by molar-refractivity contribution is 5.05. The predicted octanol–water partition coefficient (Wildman–Crippen LogP) is 7.64. The quantitative estimate of drug-likeness (QED) is 0.424. The van der Waals surface area contributed by atoms with E-state index in [1.165, 1.54) is 30.4 Å². The van der Waals surface area contributed by atoms with Crippen LogP contribution in [0.2, 0.25) is 0 Å². The van der Waals surface area contributed by atoms with Crippen LogP contribution in [-0.4, -0.2) is 0 Å². The second-order valence-corrected chi connectivity index (χ2v) is 6.55. The molecule has 0 N–H and O–H groups in total. The fourth-order valence-corrected chi connectivity index (χ4v) is 0.354. The summed E-state index contributed by atoms with van der Waals surface area (Å²) in [4.78, 5) is 0. The van der Waals surface area contributed by atoms with E-state index >= 15 is 0 Å². The summed E-state index contributed by atoms with van der Waals surface area (Å²) in [5.41, 5.74) is 3.47. The molecule has 0 bridgehead atoms. The van der Waals surface area contributed by atoms with Gasteiger partial charge in [-0.3, -0.25) is 0 Å². The Morgan fingerprint density at radius 3 is 0.833 bits per heavy atom. The maximum atomic E-state index is 2.19. The van der Waals surface area contributed by atoms with Gasteiger partial charge < -0.3 is 0 Å². The Bertz CT molecular complexity index is 143. The molecule has 0 unspecified atom stereocenters. The van der Waals surface area contributed by atoms with Crippen molar-refractivity contribution >= 4 is 0 Å². The van der Waals surface area contributed by atoms with Crippen LogP contribution in [0.15, 0.2) is 11.1 Å². The molecular weight excluding hydrogens is 216 g/mol. The van der Waals surface area contributed by atoms with Gasteiger partial charge in [0.15, 0.2) is 0 Å². The van der Waals surface area contributed by atoms with Gasteiger partial charge in [-0.15, -0.1) is 0 Å². The highest BCUT2D eigenvalue weighted by Gasteiger charge is 1.95. The van der Waals surface area contributed by atoms with Gasteiger partial charge in [-0.2, -0.15) is 0 Å². The summed E-state index contributed by atoms with van der Waals surface area (Å²) in [5, 5.41) is 0. The molecule has 0 aromatic rings. The van der Waals surface area contributed by atoms with Crippen molar-refractivity contribution in [2.45, 2.75) is 102 Å². The van der Waals surface area contributed by atoms with Crippen molar-refractivity contribution in [1.29, 1.82) is 0 Å². The second kappa shape index (κ2) is 19.1. The molecule has 114 valence electrons. The van der Waals surface area contributed by atoms with E-state index in [1.807, 2.05) is 0 Å². The SMILES string of the molecule is CC(C)(C)C.CCC.CCC.CCC(C)=C(C)C. The van der Waals surface area contributed by atoms with Gasteiger partial charge in [-0.1, -0.05) is 86.3 Å². The largest absolute Gasteiger partial charge is 0.0775 e. The first-order valence-electron chi connectivity index (χ1n) is 7.64. The van der Waals surface area contributed by atoms with E-state index in [9.17, 15) is 0 Å². The van der Waals surface area contributed by atoms with E-state index in [2.05, 4.69) is 83.1 Å². The highest BCUT2D eigenvalue weighted by atomic mass is 14.0. The van der Waals surface area contributed by atoms with Gasteiger partial charge in [-0.25, -0.2) is 0 Å². The second-order valence-electron chi connectivity index (χ2n) is 6.55. The normalized spacial score (nSPS) is 8.67. The molecule has 0 amide bonds. The summed E-state index contributed by atoms with van der Waals surface area (Å²) >= 11 is 0. The van der Waals surface area contributed by atoms with Gasteiger partial charge in [0.2, 0.25) is 0 Å². The minimum atomic E-state index is 0.500. The molecule has 0 aromatic heterocycles. The first-order chi connectivity index (χ1) is 8.01. The summed E-state index contributed by atoms with van der Waals surface area (Å²) in [6.45, 7) is 25.9. The minimum Gasteiger partial charge on any atom is -0.0775 e. The van der Waals surface area contributed by atoms with Gasteiger partial charge in [0.1, 0.15) is 0 Å². The van der Waals surface area contributed by atoms with Crippen LogP contribution >= 0.6 is 0 Å². The first-order valence-corrected chi connectivity index (χ1v) is 7.64. The van der Waals surface area contributed by atoms with Crippen LogP contribution < -0.4 is 0 Å². The zero-order valence-electron chi connectivity index (χ0n) is 15.6. The molecule has 0 saturated heterocycles. The Hall–Kier alpha value is -0.260. The fourth-order valence-electron chi connectivity index (χ4n) is 0.354. The highest BCUT2D eigenvalue weighted by Crippen LogP contribution is 2.08. The molecule has 0 heteroatoms. The van der Waals surface area contributed by atoms with Crippen LogP contribution in [0.25, 0.3) is 0 Å². The van der Waals surface area contributed by atoms with Gasteiger partial charge in [0.25, 0.3) is 0 Å². The van der Waals surface area contributed by atoms with Crippen LogP contribution in [0.5, 0.6) is 0 Å². The number of hydrogen-bond acceptors (Lipinski definition) is 0. The van der Waals surface area contributed by atoms with Gasteiger partial charge in [0, 0.05) is 0 Å². The van der Waals surface area contributed by atoms with Crippen molar-refractivity contribution in [3.63, 3.8) is 0 Å². The smallest absolute Gasteiger partial charge is 0.0349 e. The number of rotatable bonds is 1. The Morgan fingerprint density at radius 2 is 0.833 bits per heavy atom. The van der Waals surface area contributed by atoms with E-state index in [0.29, 0.717) is 5.41 Å². The third-order valence-electron chi connectivity index (χ3n) is 1.38. The molecule has 0 aliphatic heterocycles. The molecular formula is C18H42. The summed E-state index contributed by atoms with van der Waals surface area (Å²) in [6.07, 6.45) is 3.70. The third-order valence-corrected chi connectivity index (χ3v) is 1.38. The topological polar surface area (TPSA) is 0 Å². The van der Waals surface area contributed by atoms with Crippen LogP contribution in [0.4, 0.5) is 0 Å². The van der Waals surface area contributed by atoms with Crippen LogP contribution in [0, 0.1) is 5.41 Å². The zero-order chi connectivity index (χ0) is 15.8. The van der Waals surface area contributed by atoms with Crippen LogP contribution in [-0.2, 0) is 0 Å². The van der Waals surface area contributed by atoms with Crippen molar-refractivity contribution in [2.75, 3.05) is 0 Å².